The molecule has 2 nitrogen and oxygen atoms in total. The molecule has 1 heterocycles. The van der Waals surface area contributed by atoms with Gasteiger partial charge in [0.2, 0.25) is 0 Å². The third-order valence-corrected chi connectivity index (χ3v) is 4.48. The smallest absolute Gasteiger partial charge is 0.0369 e. The Morgan fingerprint density at radius 2 is 1.75 bits per heavy atom. The Labute approximate surface area is 99.6 Å². The summed E-state index contributed by atoms with van der Waals surface area (Å²) >= 11 is 0. The highest BCUT2D eigenvalue weighted by Crippen LogP contribution is 2.39. The van der Waals surface area contributed by atoms with E-state index in [9.17, 15) is 0 Å². The molecule has 2 heteroatoms. The minimum absolute atomic E-state index is 0.179. The maximum Gasteiger partial charge on any atom is 0.0369 e. The first-order chi connectivity index (χ1) is 7.79. The van der Waals surface area contributed by atoms with Gasteiger partial charge in [0.05, 0.1) is 0 Å². The number of hydrogen-bond acceptors (Lipinski definition) is 2. The van der Waals surface area contributed by atoms with Crippen LogP contribution in [-0.4, -0.2) is 29.6 Å². The second kappa shape index (κ2) is 5.21. The molecule has 2 rings (SSSR count). The van der Waals surface area contributed by atoms with E-state index in [0.717, 1.165) is 6.42 Å². The fourth-order valence-corrected chi connectivity index (χ4v) is 3.56. The quantitative estimate of drug-likeness (QED) is 0.738. The summed E-state index contributed by atoms with van der Waals surface area (Å²) in [6, 6.07) is 0.179. The molecule has 1 saturated heterocycles. The molecule has 0 bridgehead atoms. The van der Waals surface area contributed by atoms with Crippen LogP contribution in [0.1, 0.15) is 51.4 Å². The lowest BCUT2D eigenvalue weighted by Crippen LogP contribution is -2.59. The Morgan fingerprint density at radius 1 is 1.12 bits per heavy atom. The predicted molar refractivity (Wildman–Crippen MR) is 68.0 cm³/mol. The fourth-order valence-electron chi connectivity index (χ4n) is 3.56. The van der Waals surface area contributed by atoms with E-state index < -0.39 is 0 Å². The molecule has 0 aromatic rings. The van der Waals surface area contributed by atoms with Gasteiger partial charge >= 0.3 is 0 Å². The summed E-state index contributed by atoms with van der Waals surface area (Å²) in [5.41, 5.74) is 6.61. The van der Waals surface area contributed by atoms with Crippen LogP contribution in [0.15, 0.2) is 0 Å². The number of piperidine rings is 1. The summed E-state index contributed by atoms with van der Waals surface area (Å²) in [6.45, 7) is 2.47. The van der Waals surface area contributed by atoms with Crippen LogP contribution in [0.4, 0.5) is 0 Å². The van der Waals surface area contributed by atoms with E-state index >= 15 is 0 Å². The van der Waals surface area contributed by atoms with Gasteiger partial charge in [0, 0.05) is 18.0 Å². The number of nitrogens with zero attached hydrogens (tertiary/aromatic N) is 1. The molecule has 2 fully saturated rings. The van der Waals surface area contributed by atoms with Crippen LogP contribution < -0.4 is 5.73 Å². The Balaban J connectivity index is 2.10. The molecule has 90 valence electrons. The number of terminal acetylenes is 1. The molecular formula is C14H24N2. The van der Waals surface area contributed by atoms with E-state index in [1.807, 2.05) is 0 Å². The van der Waals surface area contributed by atoms with Crippen molar-refractivity contribution >= 4 is 0 Å². The van der Waals surface area contributed by atoms with E-state index in [0.29, 0.717) is 0 Å². The largest absolute Gasteiger partial charge is 0.325 e. The highest BCUT2D eigenvalue weighted by molar-refractivity contribution is 5.06. The second-order valence-corrected chi connectivity index (χ2v) is 5.37. The number of likely N-dealkylation sites (tertiary alicyclic amines) is 1. The first-order valence-electron chi connectivity index (χ1n) is 6.74. The summed E-state index contributed by atoms with van der Waals surface area (Å²) in [4.78, 5) is 2.66. The molecule has 0 aromatic heterocycles. The molecule has 0 spiro atoms. The van der Waals surface area contributed by atoms with Gasteiger partial charge in [-0.3, -0.25) is 4.90 Å². The van der Waals surface area contributed by atoms with Crippen LogP contribution in [0.5, 0.6) is 0 Å². The third kappa shape index (κ3) is 2.12. The van der Waals surface area contributed by atoms with Crippen molar-refractivity contribution in [2.24, 2.45) is 5.73 Å². The van der Waals surface area contributed by atoms with Crippen molar-refractivity contribution in [1.29, 1.82) is 0 Å². The van der Waals surface area contributed by atoms with E-state index in [1.54, 1.807) is 0 Å². The van der Waals surface area contributed by atoms with Crippen LogP contribution in [0.3, 0.4) is 0 Å². The SMILES string of the molecule is C#CCC(N)C1(N2CCCCC2)CCCC1. The minimum atomic E-state index is 0.179. The second-order valence-electron chi connectivity index (χ2n) is 5.37. The lowest BCUT2D eigenvalue weighted by molar-refractivity contribution is 0.0495. The number of rotatable bonds is 3. The summed E-state index contributed by atoms with van der Waals surface area (Å²) in [6.07, 6.45) is 15.4. The van der Waals surface area contributed by atoms with Crippen LogP contribution >= 0.6 is 0 Å². The van der Waals surface area contributed by atoms with E-state index in [-0.39, 0.29) is 11.6 Å². The van der Waals surface area contributed by atoms with Gasteiger partial charge in [-0.15, -0.1) is 12.3 Å². The van der Waals surface area contributed by atoms with Gasteiger partial charge in [-0.2, -0.15) is 0 Å². The molecule has 0 amide bonds. The molecule has 16 heavy (non-hydrogen) atoms. The van der Waals surface area contributed by atoms with Crippen molar-refractivity contribution in [2.45, 2.75) is 62.9 Å². The third-order valence-electron chi connectivity index (χ3n) is 4.48. The molecule has 1 atom stereocenters. The van der Waals surface area contributed by atoms with E-state index in [4.69, 9.17) is 12.2 Å². The van der Waals surface area contributed by atoms with Crippen LogP contribution in [0.2, 0.25) is 0 Å². The molecule has 2 aliphatic rings. The Bertz CT molecular complexity index is 254. The predicted octanol–water partition coefficient (Wildman–Crippen LogP) is 2.14. The van der Waals surface area contributed by atoms with E-state index in [1.165, 1.54) is 58.0 Å². The highest BCUT2D eigenvalue weighted by Gasteiger charge is 2.44. The normalized spacial score (nSPS) is 27.5. The van der Waals surface area contributed by atoms with Crippen molar-refractivity contribution < 1.29 is 0 Å². The Kier molecular flexibility index (Phi) is 3.89. The van der Waals surface area contributed by atoms with Crippen LogP contribution in [0.25, 0.3) is 0 Å². The van der Waals surface area contributed by atoms with Gasteiger partial charge in [0.15, 0.2) is 0 Å². The monoisotopic (exact) mass is 220 g/mol. The molecule has 0 radical (unpaired) electrons. The molecule has 2 N–H and O–H groups in total. The van der Waals surface area contributed by atoms with Gasteiger partial charge in [-0.25, -0.2) is 0 Å². The van der Waals surface area contributed by atoms with E-state index in [2.05, 4.69) is 10.8 Å². The minimum Gasteiger partial charge on any atom is -0.325 e. The molecule has 1 unspecified atom stereocenters. The standard InChI is InChI=1S/C14H24N2/c1-2-8-13(15)14(9-4-5-10-14)16-11-6-3-7-12-16/h1,13H,3-12,15H2. The fraction of sp³-hybridized carbons (Fsp3) is 0.857. The molecule has 1 aliphatic heterocycles. The van der Waals surface area contributed by atoms with Crippen molar-refractivity contribution in [3.05, 3.63) is 0 Å². The van der Waals surface area contributed by atoms with Crippen LogP contribution in [0, 0.1) is 12.3 Å². The number of hydrogen-bond donors (Lipinski definition) is 1. The summed E-state index contributed by atoms with van der Waals surface area (Å²) in [7, 11) is 0. The van der Waals surface area contributed by atoms with Crippen molar-refractivity contribution in [3.8, 4) is 12.3 Å². The molecule has 0 aromatic carbocycles. The van der Waals surface area contributed by atoms with Gasteiger partial charge in [-0.05, 0) is 38.8 Å². The summed E-state index contributed by atoms with van der Waals surface area (Å²) < 4.78 is 0. The van der Waals surface area contributed by atoms with Gasteiger partial charge < -0.3 is 5.73 Å². The Hall–Kier alpha value is -0.520. The maximum absolute atomic E-state index is 6.37. The first-order valence-corrected chi connectivity index (χ1v) is 6.74. The molecule has 1 aliphatic carbocycles. The average molecular weight is 220 g/mol. The lowest BCUT2D eigenvalue weighted by Gasteiger charge is -2.47. The average Bonchev–Trinajstić information content (AvgIpc) is 2.81. The Morgan fingerprint density at radius 3 is 2.31 bits per heavy atom. The van der Waals surface area contributed by atoms with Gasteiger partial charge in [0.25, 0.3) is 0 Å². The van der Waals surface area contributed by atoms with Crippen molar-refractivity contribution in [2.75, 3.05) is 13.1 Å². The zero-order valence-corrected chi connectivity index (χ0v) is 10.3. The van der Waals surface area contributed by atoms with Crippen molar-refractivity contribution in [1.82, 2.24) is 4.90 Å². The van der Waals surface area contributed by atoms with Gasteiger partial charge in [0.1, 0.15) is 0 Å². The summed E-state index contributed by atoms with van der Waals surface area (Å²) in [5.74, 6) is 2.76. The highest BCUT2D eigenvalue weighted by atomic mass is 15.2. The first kappa shape index (κ1) is 12.0. The zero-order chi connectivity index (χ0) is 11.4. The topological polar surface area (TPSA) is 29.3 Å². The maximum atomic E-state index is 6.37. The van der Waals surface area contributed by atoms with Gasteiger partial charge in [-0.1, -0.05) is 19.3 Å². The zero-order valence-electron chi connectivity index (χ0n) is 10.3. The molecular weight excluding hydrogens is 196 g/mol. The number of nitrogens with two attached hydrogens (primary N) is 1. The molecule has 1 saturated carbocycles. The van der Waals surface area contributed by atoms with Crippen LogP contribution in [-0.2, 0) is 0 Å². The lowest BCUT2D eigenvalue weighted by atomic mass is 9.83. The summed E-state index contributed by atoms with van der Waals surface area (Å²) in [5, 5.41) is 0. The van der Waals surface area contributed by atoms with Crippen molar-refractivity contribution in [3.63, 3.8) is 0 Å².